The number of terminal acetylenes is 1. The molecule has 1 amide bonds. The van der Waals surface area contributed by atoms with Gasteiger partial charge in [-0.25, -0.2) is 0 Å². The second-order valence-corrected chi connectivity index (χ2v) is 3.80. The van der Waals surface area contributed by atoms with E-state index in [1.807, 2.05) is 0 Å². The van der Waals surface area contributed by atoms with Crippen molar-refractivity contribution in [2.45, 2.75) is 13.8 Å². The molecule has 0 aliphatic heterocycles. The molecule has 0 aliphatic rings. The van der Waals surface area contributed by atoms with Gasteiger partial charge in [-0.05, 0) is 25.5 Å². The van der Waals surface area contributed by atoms with Crippen LogP contribution in [0.3, 0.4) is 0 Å². The van der Waals surface area contributed by atoms with Crippen molar-refractivity contribution in [3.05, 3.63) is 39.4 Å². The van der Waals surface area contributed by atoms with Crippen LogP contribution in [-0.2, 0) is 0 Å². The number of hydrogen-bond acceptors (Lipinski definition) is 3. The SMILES string of the molecule is C#CCN(CC)C(=O)c1cc(C)ccc1[N+](=O)[O-]. The first-order valence-corrected chi connectivity index (χ1v) is 5.49. The van der Waals surface area contributed by atoms with E-state index in [2.05, 4.69) is 5.92 Å². The third-order valence-electron chi connectivity index (χ3n) is 2.53. The summed E-state index contributed by atoms with van der Waals surface area (Å²) in [7, 11) is 0. The van der Waals surface area contributed by atoms with E-state index in [4.69, 9.17) is 6.42 Å². The summed E-state index contributed by atoms with van der Waals surface area (Å²) >= 11 is 0. The van der Waals surface area contributed by atoms with E-state index in [1.54, 1.807) is 19.9 Å². The Bertz CT molecular complexity index is 517. The molecular weight excluding hydrogens is 232 g/mol. The van der Waals surface area contributed by atoms with E-state index < -0.39 is 10.8 Å². The van der Waals surface area contributed by atoms with Gasteiger partial charge in [0.25, 0.3) is 11.6 Å². The predicted molar refractivity (Wildman–Crippen MR) is 68.2 cm³/mol. The van der Waals surface area contributed by atoms with Gasteiger partial charge in [0.15, 0.2) is 0 Å². The average Bonchev–Trinajstić information content (AvgIpc) is 2.34. The summed E-state index contributed by atoms with van der Waals surface area (Å²) in [6.45, 7) is 4.10. The maximum atomic E-state index is 12.2. The molecule has 0 aromatic heterocycles. The Morgan fingerprint density at radius 2 is 2.22 bits per heavy atom. The van der Waals surface area contributed by atoms with Crippen molar-refractivity contribution in [2.75, 3.05) is 13.1 Å². The van der Waals surface area contributed by atoms with Crippen LogP contribution in [0.2, 0.25) is 0 Å². The molecule has 0 aliphatic carbocycles. The van der Waals surface area contributed by atoms with Crippen LogP contribution < -0.4 is 0 Å². The number of benzene rings is 1. The lowest BCUT2D eigenvalue weighted by molar-refractivity contribution is -0.385. The molecule has 0 atom stereocenters. The van der Waals surface area contributed by atoms with Gasteiger partial charge in [-0.3, -0.25) is 14.9 Å². The highest BCUT2D eigenvalue weighted by Gasteiger charge is 2.23. The van der Waals surface area contributed by atoms with Crippen molar-refractivity contribution in [3.8, 4) is 12.3 Å². The zero-order valence-corrected chi connectivity index (χ0v) is 10.3. The Kier molecular flexibility index (Phi) is 4.44. The second kappa shape index (κ2) is 5.82. The van der Waals surface area contributed by atoms with Gasteiger partial charge in [-0.1, -0.05) is 12.0 Å². The molecule has 5 nitrogen and oxygen atoms in total. The molecule has 0 saturated carbocycles. The van der Waals surface area contributed by atoms with Gasteiger partial charge >= 0.3 is 0 Å². The van der Waals surface area contributed by atoms with Crippen LogP contribution in [0.1, 0.15) is 22.8 Å². The first-order valence-electron chi connectivity index (χ1n) is 5.49. The summed E-state index contributed by atoms with van der Waals surface area (Å²) < 4.78 is 0. The van der Waals surface area contributed by atoms with Crippen LogP contribution in [-0.4, -0.2) is 28.8 Å². The van der Waals surface area contributed by atoms with Crippen LogP contribution in [0.15, 0.2) is 18.2 Å². The summed E-state index contributed by atoms with van der Waals surface area (Å²) in [5.41, 5.74) is 0.680. The zero-order chi connectivity index (χ0) is 13.7. The molecule has 1 aromatic carbocycles. The third-order valence-corrected chi connectivity index (χ3v) is 2.53. The van der Waals surface area contributed by atoms with Crippen molar-refractivity contribution in [2.24, 2.45) is 0 Å². The molecule has 5 heteroatoms. The van der Waals surface area contributed by atoms with Crippen molar-refractivity contribution >= 4 is 11.6 Å². The van der Waals surface area contributed by atoms with Crippen molar-refractivity contribution < 1.29 is 9.72 Å². The lowest BCUT2D eigenvalue weighted by atomic mass is 10.1. The lowest BCUT2D eigenvalue weighted by Crippen LogP contribution is -2.31. The van der Waals surface area contributed by atoms with E-state index in [0.717, 1.165) is 5.56 Å². The Labute approximate surface area is 106 Å². The first kappa shape index (κ1) is 13.7. The zero-order valence-electron chi connectivity index (χ0n) is 10.3. The Morgan fingerprint density at radius 3 is 2.72 bits per heavy atom. The molecule has 0 heterocycles. The van der Waals surface area contributed by atoms with Crippen LogP contribution in [0.25, 0.3) is 0 Å². The van der Waals surface area contributed by atoms with Crippen molar-refractivity contribution in [1.82, 2.24) is 4.90 Å². The molecule has 0 N–H and O–H groups in total. The quantitative estimate of drug-likeness (QED) is 0.463. The minimum atomic E-state index is -0.559. The summed E-state index contributed by atoms with van der Waals surface area (Å²) in [4.78, 5) is 23.9. The average molecular weight is 246 g/mol. The molecular formula is C13H14N2O3. The molecule has 0 spiro atoms. The number of nitro groups is 1. The van der Waals surface area contributed by atoms with Gasteiger partial charge in [0.05, 0.1) is 11.5 Å². The van der Waals surface area contributed by atoms with E-state index >= 15 is 0 Å². The van der Waals surface area contributed by atoms with E-state index in [9.17, 15) is 14.9 Å². The number of amides is 1. The lowest BCUT2D eigenvalue weighted by Gasteiger charge is -2.18. The maximum Gasteiger partial charge on any atom is 0.282 e. The summed E-state index contributed by atoms with van der Waals surface area (Å²) in [5, 5.41) is 10.9. The van der Waals surface area contributed by atoms with Gasteiger partial charge in [-0.15, -0.1) is 6.42 Å². The van der Waals surface area contributed by atoms with Crippen molar-refractivity contribution in [1.29, 1.82) is 0 Å². The second-order valence-electron chi connectivity index (χ2n) is 3.80. The number of aryl methyl sites for hydroxylation is 1. The highest BCUT2D eigenvalue weighted by atomic mass is 16.6. The van der Waals surface area contributed by atoms with Gasteiger partial charge in [0.1, 0.15) is 5.56 Å². The normalized spacial score (nSPS) is 9.61. The Morgan fingerprint density at radius 1 is 1.56 bits per heavy atom. The van der Waals surface area contributed by atoms with E-state index in [-0.39, 0.29) is 17.8 Å². The molecule has 18 heavy (non-hydrogen) atoms. The largest absolute Gasteiger partial charge is 0.328 e. The highest BCUT2D eigenvalue weighted by Crippen LogP contribution is 2.21. The minimum absolute atomic E-state index is 0.0806. The predicted octanol–water partition coefficient (Wildman–Crippen LogP) is 2.00. The summed E-state index contributed by atoms with van der Waals surface area (Å²) in [6.07, 6.45) is 5.17. The first-order chi connectivity index (χ1) is 8.51. The van der Waals surface area contributed by atoms with Crippen LogP contribution in [0.4, 0.5) is 5.69 Å². The Hall–Kier alpha value is -2.35. The number of carbonyl (C=O) groups is 1. The fourth-order valence-electron chi connectivity index (χ4n) is 1.59. The van der Waals surface area contributed by atoms with Gasteiger partial charge in [0, 0.05) is 12.6 Å². The molecule has 0 unspecified atom stereocenters. The molecule has 1 aromatic rings. The maximum absolute atomic E-state index is 12.2. The number of carbonyl (C=O) groups excluding carboxylic acids is 1. The van der Waals surface area contributed by atoms with Gasteiger partial charge < -0.3 is 4.90 Å². The van der Waals surface area contributed by atoms with Crippen LogP contribution in [0.5, 0.6) is 0 Å². The smallest absolute Gasteiger partial charge is 0.282 e. The summed E-state index contributed by atoms with van der Waals surface area (Å²) in [6, 6.07) is 4.46. The van der Waals surface area contributed by atoms with E-state index in [0.29, 0.717) is 6.54 Å². The fourth-order valence-corrected chi connectivity index (χ4v) is 1.59. The fraction of sp³-hybridized carbons (Fsp3) is 0.308. The van der Waals surface area contributed by atoms with Crippen molar-refractivity contribution in [3.63, 3.8) is 0 Å². The van der Waals surface area contributed by atoms with Crippen LogP contribution in [0, 0.1) is 29.4 Å². The van der Waals surface area contributed by atoms with Gasteiger partial charge in [0.2, 0.25) is 0 Å². The molecule has 0 bridgehead atoms. The topological polar surface area (TPSA) is 63.5 Å². The monoisotopic (exact) mass is 246 g/mol. The Balaban J connectivity index is 3.22. The standard InChI is InChI=1S/C13H14N2O3/c1-4-8-14(5-2)13(16)11-9-10(3)6-7-12(11)15(17)18/h1,6-7,9H,5,8H2,2-3H3. The third kappa shape index (κ3) is 2.86. The molecule has 0 radical (unpaired) electrons. The summed E-state index contributed by atoms with van der Waals surface area (Å²) in [5.74, 6) is 1.96. The molecule has 0 fully saturated rings. The molecule has 1 rings (SSSR count). The minimum Gasteiger partial charge on any atom is -0.328 e. The van der Waals surface area contributed by atoms with E-state index in [1.165, 1.54) is 17.0 Å². The van der Waals surface area contributed by atoms with Gasteiger partial charge in [-0.2, -0.15) is 0 Å². The van der Waals surface area contributed by atoms with Crippen LogP contribution >= 0.6 is 0 Å². The number of nitrogens with zero attached hydrogens (tertiary/aromatic N) is 2. The number of rotatable bonds is 4. The molecule has 94 valence electrons. The number of hydrogen-bond donors (Lipinski definition) is 0. The molecule has 0 saturated heterocycles. The number of nitro benzene ring substituents is 1. The highest BCUT2D eigenvalue weighted by molar-refractivity contribution is 5.98.